The molecule has 122 valence electrons. The first-order valence-electron chi connectivity index (χ1n) is 7.66. The van der Waals surface area contributed by atoms with Gasteiger partial charge in [-0.3, -0.25) is 4.79 Å². The van der Waals surface area contributed by atoms with Gasteiger partial charge in [-0.05, 0) is 38.3 Å². The Morgan fingerprint density at radius 2 is 2.30 bits per heavy atom. The van der Waals surface area contributed by atoms with Crippen molar-refractivity contribution in [3.05, 3.63) is 30.1 Å². The largest absolute Gasteiger partial charge is 0.339 e. The maximum Gasteiger partial charge on any atom is 0.233 e. The topological polar surface area (TPSA) is 46.1 Å². The zero-order valence-electron chi connectivity index (χ0n) is 12.9. The third-order valence-corrected chi connectivity index (χ3v) is 5.61. The number of hydrogen-bond donors (Lipinski definition) is 0. The Kier molecular flexibility index (Phi) is 5.27. The molecule has 0 aliphatic carbocycles. The number of benzene rings is 1. The minimum Gasteiger partial charge on any atom is -0.339 e. The predicted molar refractivity (Wildman–Crippen MR) is 91.1 cm³/mol. The van der Waals surface area contributed by atoms with E-state index in [1.54, 1.807) is 12.1 Å². The average molecular weight is 351 g/mol. The molecule has 1 aromatic carbocycles. The Hall–Kier alpha value is -1.47. The highest BCUT2D eigenvalue weighted by atomic mass is 32.2. The summed E-state index contributed by atoms with van der Waals surface area (Å²) in [4.78, 5) is 14.4. The molecule has 0 spiro atoms. The molecule has 1 atom stereocenters. The van der Waals surface area contributed by atoms with E-state index in [-0.39, 0.29) is 11.7 Å². The molecule has 1 aromatic heterocycles. The maximum absolute atomic E-state index is 13.4. The minimum absolute atomic E-state index is 0.139. The Bertz CT molecular complexity index is 691. The highest BCUT2D eigenvalue weighted by Gasteiger charge is 2.23. The molecule has 0 saturated carbocycles. The van der Waals surface area contributed by atoms with Crippen molar-refractivity contribution in [1.29, 1.82) is 0 Å². The van der Waals surface area contributed by atoms with Crippen molar-refractivity contribution in [3.63, 3.8) is 0 Å². The fourth-order valence-electron chi connectivity index (χ4n) is 2.77. The summed E-state index contributed by atoms with van der Waals surface area (Å²) < 4.78 is 21.9. The van der Waals surface area contributed by atoms with Gasteiger partial charge in [-0.2, -0.15) is 8.75 Å². The fourth-order valence-corrected chi connectivity index (χ4v) is 4.34. The molecule has 3 rings (SSSR count). The zero-order valence-corrected chi connectivity index (χ0v) is 14.5. The van der Waals surface area contributed by atoms with Gasteiger partial charge in [0.15, 0.2) is 0 Å². The molecular formula is C16H18FN3OS2. The van der Waals surface area contributed by atoms with Gasteiger partial charge < -0.3 is 4.90 Å². The monoisotopic (exact) mass is 351 g/mol. The summed E-state index contributed by atoms with van der Waals surface area (Å²) >= 11 is 2.47. The van der Waals surface area contributed by atoms with E-state index in [0.717, 1.165) is 31.1 Å². The molecule has 0 N–H and O–H groups in total. The first-order valence-corrected chi connectivity index (χ1v) is 9.37. The summed E-state index contributed by atoms with van der Waals surface area (Å²) in [5.74, 6) is 0.183. The number of carbonyl (C=O) groups is 1. The van der Waals surface area contributed by atoms with E-state index in [2.05, 4.69) is 15.7 Å². The van der Waals surface area contributed by atoms with Gasteiger partial charge in [0.25, 0.3) is 0 Å². The third kappa shape index (κ3) is 3.90. The summed E-state index contributed by atoms with van der Waals surface area (Å²) in [5.41, 5.74) is 1.35. The average Bonchev–Trinajstić information content (AvgIpc) is 3.01. The second-order valence-corrected chi connectivity index (χ2v) is 7.14. The number of carbonyl (C=O) groups excluding carboxylic acids is 1. The highest BCUT2D eigenvalue weighted by molar-refractivity contribution is 8.00. The number of amides is 1. The second-order valence-electron chi connectivity index (χ2n) is 5.65. The third-order valence-electron chi connectivity index (χ3n) is 4.01. The molecule has 7 heteroatoms. The van der Waals surface area contributed by atoms with E-state index in [1.165, 1.54) is 30.3 Å². The van der Waals surface area contributed by atoms with Gasteiger partial charge in [-0.1, -0.05) is 23.9 Å². The van der Waals surface area contributed by atoms with Gasteiger partial charge in [0.2, 0.25) is 5.91 Å². The molecule has 1 unspecified atom stereocenters. The van der Waals surface area contributed by atoms with Gasteiger partial charge >= 0.3 is 0 Å². The van der Waals surface area contributed by atoms with Crippen molar-refractivity contribution >= 4 is 29.4 Å². The van der Waals surface area contributed by atoms with E-state index >= 15 is 0 Å². The number of hydrogen-bond acceptors (Lipinski definition) is 5. The van der Waals surface area contributed by atoms with Crippen LogP contribution in [0, 0.1) is 5.82 Å². The van der Waals surface area contributed by atoms with Gasteiger partial charge in [-0.15, -0.1) is 0 Å². The van der Waals surface area contributed by atoms with Crippen molar-refractivity contribution in [3.8, 4) is 11.3 Å². The SMILES string of the molecule is CC1CCCCN1C(=O)CSc1nsnc1-c1cccc(F)c1. The Balaban J connectivity index is 1.67. The van der Waals surface area contributed by atoms with E-state index < -0.39 is 0 Å². The van der Waals surface area contributed by atoms with Crippen LogP contribution in [0.15, 0.2) is 29.3 Å². The van der Waals surface area contributed by atoms with Crippen LogP contribution in [0.1, 0.15) is 26.2 Å². The molecule has 1 aliphatic heterocycles. The van der Waals surface area contributed by atoms with E-state index in [0.29, 0.717) is 28.1 Å². The van der Waals surface area contributed by atoms with Crippen molar-refractivity contribution < 1.29 is 9.18 Å². The molecule has 23 heavy (non-hydrogen) atoms. The van der Waals surface area contributed by atoms with Gasteiger partial charge in [0.05, 0.1) is 17.5 Å². The van der Waals surface area contributed by atoms with Crippen LogP contribution in [-0.2, 0) is 4.79 Å². The summed E-state index contributed by atoms with van der Waals surface area (Å²) in [7, 11) is 0. The number of rotatable bonds is 4. The number of piperidine rings is 1. The van der Waals surface area contributed by atoms with Crippen molar-refractivity contribution in [1.82, 2.24) is 13.6 Å². The lowest BCUT2D eigenvalue weighted by Crippen LogP contribution is -2.42. The molecule has 1 saturated heterocycles. The second kappa shape index (κ2) is 7.40. The molecule has 2 heterocycles. The standard InChI is InChI=1S/C16H18FN3OS2/c1-11-5-2-3-8-20(11)14(21)10-22-16-15(18-23-19-16)12-6-4-7-13(17)9-12/h4,6-7,9,11H,2-3,5,8,10H2,1H3. The predicted octanol–water partition coefficient (Wildman–Crippen LogP) is 3.84. The molecule has 0 radical (unpaired) electrons. The van der Waals surface area contributed by atoms with Crippen molar-refractivity contribution in [2.45, 2.75) is 37.3 Å². The number of thioether (sulfide) groups is 1. The number of halogens is 1. The maximum atomic E-state index is 13.4. The molecular weight excluding hydrogens is 333 g/mol. The molecule has 2 aromatic rings. The van der Waals surface area contributed by atoms with E-state index in [4.69, 9.17) is 0 Å². The lowest BCUT2D eigenvalue weighted by molar-refractivity contribution is -0.131. The fraction of sp³-hybridized carbons (Fsp3) is 0.438. The smallest absolute Gasteiger partial charge is 0.233 e. The van der Waals surface area contributed by atoms with Gasteiger partial charge in [-0.25, -0.2) is 4.39 Å². The summed E-state index contributed by atoms with van der Waals surface area (Å²) in [6.45, 7) is 2.94. The summed E-state index contributed by atoms with van der Waals surface area (Å²) in [6, 6.07) is 6.61. The molecule has 1 amide bonds. The first kappa shape index (κ1) is 16.4. The molecule has 1 aliphatic rings. The molecule has 1 fully saturated rings. The highest BCUT2D eigenvalue weighted by Crippen LogP contribution is 2.30. The summed E-state index contributed by atoms with van der Waals surface area (Å²) in [5, 5.41) is 0.693. The number of likely N-dealkylation sites (tertiary alicyclic amines) is 1. The Labute approximate surface area is 143 Å². The van der Waals surface area contributed by atoms with Crippen LogP contribution >= 0.6 is 23.5 Å². The number of nitrogens with zero attached hydrogens (tertiary/aromatic N) is 3. The normalized spacial score (nSPS) is 18.2. The van der Waals surface area contributed by atoms with Crippen LogP contribution < -0.4 is 0 Å². The van der Waals surface area contributed by atoms with Gasteiger partial charge in [0.1, 0.15) is 16.5 Å². The Morgan fingerprint density at radius 1 is 1.43 bits per heavy atom. The van der Waals surface area contributed by atoms with Crippen LogP contribution in [0.4, 0.5) is 4.39 Å². The Morgan fingerprint density at radius 3 is 3.09 bits per heavy atom. The lowest BCUT2D eigenvalue weighted by atomic mass is 10.0. The van der Waals surface area contributed by atoms with E-state index in [1.807, 2.05) is 4.90 Å². The van der Waals surface area contributed by atoms with Crippen LogP contribution in [0.2, 0.25) is 0 Å². The van der Waals surface area contributed by atoms with Crippen molar-refractivity contribution in [2.24, 2.45) is 0 Å². The van der Waals surface area contributed by atoms with Crippen LogP contribution in [0.3, 0.4) is 0 Å². The lowest BCUT2D eigenvalue weighted by Gasteiger charge is -2.33. The number of aromatic nitrogens is 2. The summed E-state index contributed by atoms with van der Waals surface area (Å²) in [6.07, 6.45) is 3.34. The quantitative estimate of drug-likeness (QED) is 0.785. The molecule has 4 nitrogen and oxygen atoms in total. The minimum atomic E-state index is -0.301. The van der Waals surface area contributed by atoms with Crippen molar-refractivity contribution in [2.75, 3.05) is 12.3 Å². The zero-order chi connectivity index (χ0) is 16.2. The van der Waals surface area contributed by atoms with Crippen LogP contribution in [-0.4, -0.2) is 37.9 Å². The molecule has 0 bridgehead atoms. The van der Waals surface area contributed by atoms with E-state index in [9.17, 15) is 9.18 Å². The van der Waals surface area contributed by atoms with Gasteiger partial charge in [0, 0.05) is 18.2 Å². The first-order chi connectivity index (χ1) is 11.1. The van der Waals surface area contributed by atoms with Crippen LogP contribution in [0.5, 0.6) is 0 Å². The van der Waals surface area contributed by atoms with Crippen LogP contribution in [0.25, 0.3) is 11.3 Å².